The minimum atomic E-state index is -0.572. The van der Waals surface area contributed by atoms with Gasteiger partial charge in [-0.1, -0.05) is 36.4 Å². The molecule has 3 aromatic rings. The van der Waals surface area contributed by atoms with Gasteiger partial charge in [0.15, 0.2) is 0 Å². The summed E-state index contributed by atoms with van der Waals surface area (Å²) in [4.78, 5) is 40.4. The summed E-state index contributed by atoms with van der Waals surface area (Å²) in [5.74, 6) is -0.234. The molecule has 0 radical (unpaired) electrons. The van der Waals surface area contributed by atoms with Crippen LogP contribution in [0.1, 0.15) is 72.7 Å². The Morgan fingerprint density at radius 2 is 1.62 bits per heavy atom. The number of nitrogens with zero attached hydrogens (tertiary/aromatic N) is 3. The minimum absolute atomic E-state index is 0.120. The summed E-state index contributed by atoms with van der Waals surface area (Å²) in [6.45, 7) is 6.41. The fourth-order valence-electron chi connectivity index (χ4n) is 4.55. The number of likely N-dealkylation sites (tertiary alicyclic amines) is 1. The second-order valence-corrected chi connectivity index (χ2v) is 11.3. The van der Waals surface area contributed by atoms with E-state index >= 15 is 0 Å². The molecule has 0 spiro atoms. The number of nitrogen functional groups attached to an aromatic ring is 1. The lowest BCUT2D eigenvalue weighted by molar-refractivity contribution is 0.0122. The quantitative estimate of drug-likeness (QED) is 0.422. The van der Waals surface area contributed by atoms with Gasteiger partial charge in [-0.25, -0.2) is 9.48 Å². The molecule has 2 amide bonds. The van der Waals surface area contributed by atoms with Crippen molar-refractivity contribution in [3.63, 3.8) is 0 Å². The molecular weight excluding hydrogens is 510 g/mol. The number of hydrogen-bond donors (Lipinski definition) is 2. The van der Waals surface area contributed by atoms with Crippen molar-refractivity contribution in [1.29, 1.82) is 0 Å². The summed E-state index contributed by atoms with van der Waals surface area (Å²) >= 11 is 0. The molecule has 10 nitrogen and oxygen atoms in total. The van der Waals surface area contributed by atoms with Crippen LogP contribution in [-0.2, 0) is 4.74 Å². The third-order valence-corrected chi connectivity index (χ3v) is 6.79. The SMILES string of the molecule is CC(C)(C)OC(=O)N1CCC(Oc2nn(-c3cccc(C(=O)NC4CC4)c3)c(N)c2C(=O)c2ccccc2)CC1. The Morgan fingerprint density at radius 1 is 0.950 bits per heavy atom. The number of amides is 2. The van der Waals surface area contributed by atoms with Gasteiger partial charge in [0.2, 0.25) is 11.7 Å². The van der Waals surface area contributed by atoms with Crippen molar-refractivity contribution >= 4 is 23.6 Å². The summed E-state index contributed by atoms with van der Waals surface area (Å²) in [6, 6.07) is 16.0. The number of carbonyl (C=O) groups excluding carboxylic acids is 3. The Kier molecular flexibility index (Phi) is 7.51. The molecule has 2 aromatic carbocycles. The zero-order valence-corrected chi connectivity index (χ0v) is 23.1. The fourth-order valence-corrected chi connectivity index (χ4v) is 4.55. The van der Waals surface area contributed by atoms with Gasteiger partial charge in [0.25, 0.3) is 5.91 Å². The molecule has 10 heteroatoms. The lowest BCUT2D eigenvalue weighted by atomic mass is 10.0. The van der Waals surface area contributed by atoms with Gasteiger partial charge in [0.05, 0.1) is 5.69 Å². The number of nitrogens with two attached hydrogens (primary N) is 1. The van der Waals surface area contributed by atoms with Crippen LogP contribution in [0.3, 0.4) is 0 Å². The Morgan fingerprint density at radius 3 is 2.27 bits per heavy atom. The molecule has 0 bridgehead atoms. The summed E-state index contributed by atoms with van der Waals surface area (Å²) in [7, 11) is 0. The molecule has 1 aliphatic heterocycles. The zero-order chi connectivity index (χ0) is 28.4. The standard InChI is InChI=1S/C30H35N5O5/c1-30(2,3)40-29(38)34-16-14-23(15-17-34)39-28-24(25(36)19-8-5-4-6-9-19)26(31)35(33-28)22-11-7-10-20(18-22)27(37)32-21-12-13-21/h4-11,18,21,23H,12-17,31H2,1-3H3,(H,32,37). The molecule has 210 valence electrons. The molecule has 2 heterocycles. The minimum Gasteiger partial charge on any atom is -0.473 e. The second-order valence-electron chi connectivity index (χ2n) is 11.3. The summed E-state index contributed by atoms with van der Waals surface area (Å²) in [6.07, 6.45) is 2.42. The average Bonchev–Trinajstić information content (AvgIpc) is 3.69. The highest BCUT2D eigenvalue weighted by Gasteiger charge is 2.31. The number of benzene rings is 2. The number of rotatable bonds is 7. The molecule has 5 rings (SSSR count). The fraction of sp³-hybridized carbons (Fsp3) is 0.400. The molecule has 2 fully saturated rings. The molecule has 1 saturated carbocycles. The maximum atomic E-state index is 13.6. The van der Waals surface area contributed by atoms with Crippen molar-refractivity contribution in [3.05, 3.63) is 71.3 Å². The van der Waals surface area contributed by atoms with Gasteiger partial charge >= 0.3 is 6.09 Å². The predicted molar refractivity (Wildman–Crippen MR) is 150 cm³/mol. The highest BCUT2D eigenvalue weighted by molar-refractivity contribution is 6.13. The topological polar surface area (TPSA) is 129 Å². The molecule has 40 heavy (non-hydrogen) atoms. The number of ketones is 1. The van der Waals surface area contributed by atoms with Gasteiger partial charge in [0, 0.05) is 43.1 Å². The van der Waals surface area contributed by atoms with E-state index in [1.165, 1.54) is 4.68 Å². The first kappa shape index (κ1) is 27.2. The highest BCUT2D eigenvalue weighted by atomic mass is 16.6. The largest absolute Gasteiger partial charge is 0.473 e. The van der Waals surface area contributed by atoms with Crippen LogP contribution in [0.2, 0.25) is 0 Å². The Bertz CT molecular complexity index is 1400. The van der Waals surface area contributed by atoms with Crippen LogP contribution in [0.5, 0.6) is 5.88 Å². The van der Waals surface area contributed by atoms with E-state index in [0.29, 0.717) is 42.7 Å². The first-order valence-corrected chi connectivity index (χ1v) is 13.6. The molecule has 1 aliphatic carbocycles. The maximum Gasteiger partial charge on any atom is 0.410 e. The van der Waals surface area contributed by atoms with E-state index in [4.69, 9.17) is 15.2 Å². The Hall–Kier alpha value is -4.34. The number of anilines is 1. The number of ether oxygens (including phenoxy) is 2. The van der Waals surface area contributed by atoms with Gasteiger partial charge < -0.3 is 25.4 Å². The van der Waals surface area contributed by atoms with Crippen LogP contribution in [0.25, 0.3) is 5.69 Å². The van der Waals surface area contributed by atoms with Gasteiger partial charge in [-0.05, 0) is 51.8 Å². The van der Waals surface area contributed by atoms with Crippen LogP contribution in [0.15, 0.2) is 54.6 Å². The summed E-state index contributed by atoms with van der Waals surface area (Å²) < 4.78 is 13.2. The number of aromatic nitrogens is 2. The predicted octanol–water partition coefficient (Wildman–Crippen LogP) is 4.36. The van der Waals surface area contributed by atoms with Gasteiger partial charge in [-0.3, -0.25) is 9.59 Å². The number of hydrogen-bond acceptors (Lipinski definition) is 7. The molecule has 2 aliphatic rings. The molecule has 0 unspecified atom stereocenters. The van der Waals surface area contributed by atoms with Crippen molar-refractivity contribution < 1.29 is 23.9 Å². The van der Waals surface area contributed by atoms with Crippen molar-refractivity contribution in [2.45, 2.75) is 64.2 Å². The van der Waals surface area contributed by atoms with Crippen molar-refractivity contribution in [1.82, 2.24) is 20.0 Å². The lowest BCUT2D eigenvalue weighted by Crippen LogP contribution is -2.44. The first-order chi connectivity index (χ1) is 19.1. The summed E-state index contributed by atoms with van der Waals surface area (Å²) in [5.41, 5.74) is 7.61. The van der Waals surface area contributed by atoms with E-state index in [0.717, 1.165) is 12.8 Å². The summed E-state index contributed by atoms with van der Waals surface area (Å²) in [5, 5.41) is 7.59. The van der Waals surface area contributed by atoms with E-state index < -0.39 is 5.60 Å². The van der Waals surface area contributed by atoms with Crippen molar-refractivity contribution in [3.8, 4) is 11.6 Å². The zero-order valence-electron chi connectivity index (χ0n) is 23.1. The monoisotopic (exact) mass is 545 g/mol. The molecule has 1 aromatic heterocycles. The molecule has 0 atom stereocenters. The number of carbonyl (C=O) groups is 3. The van der Waals surface area contributed by atoms with E-state index in [1.807, 2.05) is 26.8 Å². The second kappa shape index (κ2) is 11.0. The van der Waals surface area contributed by atoms with Crippen LogP contribution >= 0.6 is 0 Å². The van der Waals surface area contributed by atoms with Crippen LogP contribution in [-0.4, -0.2) is 63.3 Å². The molecule has 3 N–H and O–H groups in total. The van der Waals surface area contributed by atoms with E-state index in [9.17, 15) is 14.4 Å². The lowest BCUT2D eigenvalue weighted by Gasteiger charge is -2.33. The number of piperidine rings is 1. The Balaban J connectivity index is 1.40. The van der Waals surface area contributed by atoms with Gasteiger partial charge in [-0.2, -0.15) is 0 Å². The smallest absolute Gasteiger partial charge is 0.410 e. The van der Waals surface area contributed by atoms with Crippen LogP contribution in [0, 0.1) is 0 Å². The normalized spacial score (nSPS) is 15.9. The van der Waals surface area contributed by atoms with Crippen molar-refractivity contribution in [2.24, 2.45) is 0 Å². The van der Waals surface area contributed by atoms with Gasteiger partial charge in [-0.15, -0.1) is 5.10 Å². The molecular formula is C30H35N5O5. The van der Waals surface area contributed by atoms with E-state index in [-0.39, 0.29) is 47.2 Å². The first-order valence-electron chi connectivity index (χ1n) is 13.6. The maximum absolute atomic E-state index is 13.6. The van der Waals surface area contributed by atoms with Crippen LogP contribution < -0.4 is 15.8 Å². The Labute approximate surface area is 233 Å². The third kappa shape index (κ3) is 6.27. The van der Waals surface area contributed by atoms with E-state index in [2.05, 4.69) is 10.4 Å². The molecule has 1 saturated heterocycles. The van der Waals surface area contributed by atoms with E-state index in [1.54, 1.807) is 53.4 Å². The van der Waals surface area contributed by atoms with Crippen LogP contribution in [0.4, 0.5) is 10.6 Å². The number of nitrogens with one attached hydrogen (secondary N) is 1. The average molecular weight is 546 g/mol. The third-order valence-electron chi connectivity index (χ3n) is 6.79. The van der Waals surface area contributed by atoms with Crippen molar-refractivity contribution in [2.75, 3.05) is 18.8 Å². The highest BCUT2D eigenvalue weighted by Crippen LogP contribution is 2.32. The van der Waals surface area contributed by atoms with Gasteiger partial charge in [0.1, 0.15) is 23.1 Å².